The van der Waals surface area contributed by atoms with Crippen LogP contribution in [0, 0.1) is 11.8 Å². The van der Waals surface area contributed by atoms with E-state index in [9.17, 15) is 4.79 Å². The van der Waals surface area contributed by atoms with E-state index in [4.69, 9.17) is 23.2 Å². The first kappa shape index (κ1) is 14.1. The summed E-state index contributed by atoms with van der Waals surface area (Å²) in [7, 11) is 0. The Kier molecular flexibility index (Phi) is 4.54. The van der Waals surface area contributed by atoms with Crippen molar-refractivity contribution in [3.05, 3.63) is 26.7 Å². The van der Waals surface area contributed by atoms with Gasteiger partial charge in [-0.1, -0.05) is 30.1 Å². The van der Waals surface area contributed by atoms with Crippen LogP contribution in [-0.4, -0.2) is 19.0 Å². The van der Waals surface area contributed by atoms with Crippen molar-refractivity contribution in [3.63, 3.8) is 0 Å². The van der Waals surface area contributed by atoms with E-state index in [1.807, 2.05) is 6.92 Å². The number of hydrogen-bond acceptors (Lipinski definition) is 2. The molecule has 1 aromatic carbocycles. The first-order chi connectivity index (χ1) is 8.50. The van der Waals surface area contributed by atoms with Crippen LogP contribution in [0.15, 0.2) is 16.6 Å². The Morgan fingerprint density at radius 2 is 2.11 bits per heavy atom. The number of benzene rings is 1. The second kappa shape index (κ2) is 5.78. The minimum Gasteiger partial charge on any atom is -0.324 e. The molecule has 1 atom stereocenters. The molecule has 0 aliphatic carbocycles. The van der Waals surface area contributed by atoms with Crippen molar-refractivity contribution in [1.82, 2.24) is 5.32 Å². The van der Waals surface area contributed by atoms with Gasteiger partial charge in [-0.05, 0) is 47.1 Å². The normalized spacial score (nSPS) is 17.1. The predicted molar refractivity (Wildman–Crippen MR) is 78.3 cm³/mol. The Hall–Kier alpha value is -0.290. The predicted octanol–water partition coefficient (Wildman–Crippen LogP) is 3.55. The summed E-state index contributed by atoms with van der Waals surface area (Å²) in [6.45, 7) is 3.71. The van der Waals surface area contributed by atoms with E-state index in [0.29, 0.717) is 26.1 Å². The number of anilines is 1. The number of halogens is 3. The Morgan fingerprint density at radius 1 is 1.44 bits per heavy atom. The van der Waals surface area contributed by atoms with Gasteiger partial charge >= 0.3 is 0 Å². The number of carbonyl (C=O) groups is 1. The Balaban J connectivity index is 2.09. The average molecular weight is 352 g/mol. The van der Waals surface area contributed by atoms with Crippen LogP contribution in [0.25, 0.3) is 0 Å². The number of nitrogens with one attached hydrogen (secondary N) is 2. The summed E-state index contributed by atoms with van der Waals surface area (Å²) in [5.74, 6) is 0.334. The van der Waals surface area contributed by atoms with Crippen LogP contribution in [-0.2, 0) is 4.79 Å². The van der Waals surface area contributed by atoms with Gasteiger partial charge in [0.05, 0.1) is 15.7 Å². The molecule has 1 aromatic rings. The molecule has 2 N–H and O–H groups in total. The molecule has 98 valence electrons. The number of rotatable bonds is 3. The molecule has 0 bridgehead atoms. The monoisotopic (exact) mass is 350 g/mol. The topological polar surface area (TPSA) is 41.1 Å². The first-order valence-corrected chi connectivity index (χ1v) is 7.20. The van der Waals surface area contributed by atoms with Crippen molar-refractivity contribution in [2.45, 2.75) is 6.92 Å². The maximum atomic E-state index is 12.0. The third-order valence-corrected chi connectivity index (χ3v) is 5.00. The van der Waals surface area contributed by atoms with Crippen LogP contribution in [0.4, 0.5) is 5.69 Å². The molecule has 1 aliphatic heterocycles. The Labute approximate surface area is 124 Å². The van der Waals surface area contributed by atoms with Gasteiger partial charge in [0.2, 0.25) is 5.91 Å². The lowest BCUT2D eigenvalue weighted by Gasteiger charge is -2.31. The van der Waals surface area contributed by atoms with Gasteiger partial charge in [0, 0.05) is 10.4 Å². The van der Waals surface area contributed by atoms with E-state index < -0.39 is 0 Å². The zero-order chi connectivity index (χ0) is 13.3. The van der Waals surface area contributed by atoms with Crippen LogP contribution in [0.2, 0.25) is 10.0 Å². The van der Waals surface area contributed by atoms with Crippen molar-refractivity contribution < 1.29 is 4.79 Å². The Morgan fingerprint density at radius 3 is 2.67 bits per heavy atom. The van der Waals surface area contributed by atoms with Crippen LogP contribution >= 0.6 is 39.1 Å². The van der Waals surface area contributed by atoms with Crippen molar-refractivity contribution in [1.29, 1.82) is 0 Å². The fourth-order valence-corrected chi connectivity index (χ4v) is 2.57. The molecule has 0 aromatic heterocycles. The van der Waals surface area contributed by atoms with Gasteiger partial charge in [0.1, 0.15) is 0 Å². The molecule has 1 unspecified atom stereocenters. The van der Waals surface area contributed by atoms with Crippen LogP contribution in [0.5, 0.6) is 0 Å². The third kappa shape index (κ3) is 2.82. The first-order valence-electron chi connectivity index (χ1n) is 5.65. The molecule has 6 heteroatoms. The lowest BCUT2D eigenvalue weighted by Crippen LogP contribution is -2.48. The smallest absolute Gasteiger partial charge is 0.227 e. The highest BCUT2D eigenvalue weighted by molar-refractivity contribution is 9.10. The van der Waals surface area contributed by atoms with Gasteiger partial charge in [-0.2, -0.15) is 0 Å². The van der Waals surface area contributed by atoms with Gasteiger partial charge in [-0.15, -0.1) is 0 Å². The molecule has 0 spiro atoms. The highest BCUT2D eigenvalue weighted by atomic mass is 79.9. The minimum absolute atomic E-state index is 0.0261. The third-order valence-electron chi connectivity index (χ3n) is 3.23. The highest BCUT2D eigenvalue weighted by Crippen LogP contribution is 2.36. The minimum atomic E-state index is -0.0373. The summed E-state index contributed by atoms with van der Waals surface area (Å²) in [5.41, 5.74) is 0.550. The fraction of sp³-hybridized carbons (Fsp3) is 0.417. The summed E-state index contributed by atoms with van der Waals surface area (Å²) in [6.07, 6.45) is 0. The summed E-state index contributed by atoms with van der Waals surface area (Å²) in [4.78, 5) is 12.0. The standard InChI is InChI=1S/C12H13BrCl2N2O/c1-6(7-4-16-5-7)12(18)17-9-3-2-8(13)10(14)11(9)15/h2-3,6-7,16H,4-5H2,1H3,(H,17,18). The lowest BCUT2D eigenvalue weighted by atomic mass is 9.88. The quantitative estimate of drug-likeness (QED) is 0.817. The van der Waals surface area contributed by atoms with E-state index in [1.54, 1.807) is 12.1 Å². The summed E-state index contributed by atoms with van der Waals surface area (Å²) >= 11 is 15.4. The molecule has 1 saturated heterocycles. The van der Waals surface area contributed by atoms with Crippen molar-refractivity contribution in [3.8, 4) is 0 Å². The summed E-state index contributed by atoms with van der Waals surface area (Å²) < 4.78 is 0.711. The molecular weight excluding hydrogens is 339 g/mol. The van der Waals surface area contributed by atoms with Crippen LogP contribution in [0.1, 0.15) is 6.92 Å². The molecule has 1 amide bonds. The molecule has 0 saturated carbocycles. The molecule has 3 nitrogen and oxygen atoms in total. The van der Waals surface area contributed by atoms with Gasteiger partial charge in [-0.3, -0.25) is 4.79 Å². The molecule has 1 fully saturated rings. The molecule has 1 aliphatic rings. The second-order valence-corrected chi connectivity index (χ2v) is 6.03. The maximum Gasteiger partial charge on any atom is 0.227 e. The molecular formula is C12H13BrCl2N2O. The Bertz CT molecular complexity index is 477. The van der Waals surface area contributed by atoms with Crippen LogP contribution in [0.3, 0.4) is 0 Å². The van der Waals surface area contributed by atoms with Crippen molar-refractivity contribution in [2.24, 2.45) is 11.8 Å². The van der Waals surface area contributed by atoms with Gasteiger partial charge in [0.25, 0.3) is 0 Å². The van der Waals surface area contributed by atoms with Crippen molar-refractivity contribution in [2.75, 3.05) is 18.4 Å². The fourth-order valence-electron chi connectivity index (χ4n) is 1.75. The zero-order valence-corrected chi connectivity index (χ0v) is 12.9. The summed E-state index contributed by atoms with van der Waals surface area (Å²) in [6, 6.07) is 3.50. The van der Waals surface area contributed by atoms with E-state index >= 15 is 0 Å². The van der Waals surface area contributed by atoms with Crippen LogP contribution < -0.4 is 10.6 Å². The summed E-state index contributed by atoms with van der Waals surface area (Å²) in [5, 5.41) is 6.75. The van der Waals surface area contributed by atoms with E-state index in [-0.39, 0.29) is 11.8 Å². The van der Waals surface area contributed by atoms with Gasteiger partial charge in [-0.25, -0.2) is 0 Å². The average Bonchev–Trinajstić information content (AvgIpc) is 2.27. The zero-order valence-electron chi connectivity index (χ0n) is 9.77. The van der Waals surface area contributed by atoms with E-state index in [2.05, 4.69) is 26.6 Å². The SMILES string of the molecule is CC(C(=O)Nc1ccc(Br)c(Cl)c1Cl)C1CNC1. The number of carbonyl (C=O) groups excluding carboxylic acids is 1. The van der Waals surface area contributed by atoms with Crippen molar-refractivity contribution >= 4 is 50.7 Å². The van der Waals surface area contributed by atoms with Gasteiger partial charge < -0.3 is 10.6 Å². The van der Waals surface area contributed by atoms with Gasteiger partial charge in [0.15, 0.2) is 0 Å². The molecule has 0 radical (unpaired) electrons. The van der Waals surface area contributed by atoms with E-state index in [0.717, 1.165) is 13.1 Å². The lowest BCUT2D eigenvalue weighted by molar-refractivity contribution is -0.121. The number of amides is 1. The molecule has 18 heavy (non-hydrogen) atoms. The number of hydrogen-bond donors (Lipinski definition) is 2. The largest absolute Gasteiger partial charge is 0.324 e. The highest BCUT2D eigenvalue weighted by Gasteiger charge is 2.29. The van der Waals surface area contributed by atoms with E-state index in [1.165, 1.54) is 0 Å². The maximum absolute atomic E-state index is 12.0. The molecule has 1 heterocycles. The second-order valence-electron chi connectivity index (χ2n) is 4.42. The molecule has 2 rings (SSSR count).